The summed E-state index contributed by atoms with van der Waals surface area (Å²) in [5, 5.41) is 9.39. The maximum atomic E-state index is 13.8. The van der Waals surface area contributed by atoms with Crippen LogP contribution in [-0.2, 0) is 13.5 Å². The van der Waals surface area contributed by atoms with Crippen LogP contribution < -0.4 is 5.32 Å². The minimum Gasteiger partial charge on any atom is -0.350 e. The Bertz CT molecular complexity index is 916. The van der Waals surface area contributed by atoms with E-state index in [1.807, 2.05) is 25.6 Å². The second kappa shape index (κ2) is 7.14. The second-order valence-corrected chi connectivity index (χ2v) is 6.65. The number of thiazole rings is 1. The van der Waals surface area contributed by atoms with Crippen LogP contribution in [-0.4, -0.2) is 27.2 Å². The lowest BCUT2D eigenvalue weighted by Gasteiger charge is -2.04. The van der Waals surface area contributed by atoms with Gasteiger partial charge in [-0.2, -0.15) is 5.10 Å². The lowest BCUT2D eigenvalue weighted by molar-refractivity contribution is 0.0950. The molecule has 2 heterocycles. The summed E-state index contributed by atoms with van der Waals surface area (Å²) in [4.78, 5) is 16.5. The third kappa shape index (κ3) is 3.61. The van der Waals surface area contributed by atoms with Crippen LogP contribution in [0.3, 0.4) is 0 Å². The zero-order valence-electron chi connectivity index (χ0n) is 14.3. The summed E-state index contributed by atoms with van der Waals surface area (Å²) in [5.74, 6) is -0.593. The van der Waals surface area contributed by atoms with E-state index in [9.17, 15) is 9.18 Å². The van der Waals surface area contributed by atoms with E-state index in [4.69, 9.17) is 0 Å². The van der Waals surface area contributed by atoms with Crippen molar-refractivity contribution in [2.45, 2.75) is 20.3 Å². The van der Waals surface area contributed by atoms with Gasteiger partial charge in [-0.15, -0.1) is 11.3 Å². The number of carbonyl (C=O) groups is 1. The maximum Gasteiger partial charge on any atom is 0.270 e. The first-order valence-electron chi connectivity index (χ1n) is 7.95. The fraction of sp³-hybridized carbons (Fsp3) is 0.278. The summed E-state index contributed by atoms with van der Waals surface area (Å²) in [6.45, 7) is 4.47. The van der Waals surface area contributed by atoms with E-state index in [1.54, 1.807) is 23.6 Å². The molecule has 0 aliphatic heterocycles. The summed E-state index contributed by atoms with van der Waals surface area (Å²) in [6, 6.07) is 6.42. The first-order valence-corrected chi connectivity index (χ1v) is 8.83. The Morgan fingerprint density at radius 2 is 2.08 bits per heavy atom. The number of carbonyl (C=O) groups excluding carboxylic acids is 1. The molecule has 0 aliphatic carbocycles. The average molecular weight is 358 g/mol. The van der Waals surface area contributed by atoms with E-state index < -0.39 is 0 Å². The SMILES string of the molecule is Cc1nn(C)c(C)c1CCNC(=O)c1csc(-c2ccccc2F)n1. The highest BCUT2D eigenvalue weighted by atomic mass is 32.1. The molecule has 0 bridgehead atoms. The summed E-state index contributed by atoms with van der Waals surface area (Å²) in [7, 11) is 1.91. The Morgan fingerprint density at radius 1 is 1.32 bits per heavy atom. The van der Waals surface area contributed by atoms with Crippen molar-refractivity contribution in [3.8, 4) is 10.6 Å². The molecule has 0 saturated heterocycles. The standard InChI is InChI=1S/C18H19FN4OS/c1-11-13(12(2)23(3)22-11)8-9-20-17(24)16-10-25-18(21-16)14-6-4-5-7-15(14)19/h4-7,10H,8-9H2,1-3H3,(H,20,24). The number of hydrogen-bond donors (Lipinski definition) is 1. The van der Waals surface area contributed by atoms with Crippen LogP contribution in [0.2, 0.25) is 0 Å². The van der Waals surface area contributed by atoms with Crippen molar-refractivity contribution < 1.29 is 9.18 Å². The third-order valence-electron chi connectivity index (χ3n) is 4.16. The van der Waals surface area contributed by atoms with Crippen molar-refractivity contribution in [3.63, 3.8) is 0 Å². The van der Waals surface area contributed by atoms with Gasteiger partial charge in [-0.3, -0.25) is 9.48 Å². The Hall–Kier alpha value is -2.54. The minimum atomic E-state index is -0.341. The van der Waals surface area contributed by atoms with Gasteiger partial charge in [0, 0.05) is 30.2 Å². The molecular weight excluding hydrogens is 339 g/mol. The van der Waals surface area contributed by atoms with Crippen LogP contribution >= 0.6 is 11.3 Å². The van der Waals surface area contributed by atoms with E-state index in [-0.39, 0.29) is 11.7 Å². The van der Waals surface area contributed by atoms with E-state index in [2.05, 4.69) is 15.4 Å². The number of hydrogen-bond acceptors (Lipinski definition) is 4. The van der Waals surface area contributed by atoms with Crippen LogP contribution in [0.4, 0.5) is 4.39 Å². The van der Waals surface area contributed by atoms with Gasteiger partial charge >= 0.3 is 0 Å². The Balaban J connectivity index is 1.64. The Kier molecular flexibility index (Phi) is 4.94. The molecule has 0 atom stereocenters. The molecular formula is C18H19FN4OS. The molecule has 1 N–H and O–H groups in total. The summed E-state index contributed by atoms with van der Waals surface area (Å²) in [5.41, 5.74) is 3.94. The molecule has 1 aromatic carbocycles. The van der Waals surface area contributed by atoms with Crippen LogP contribution in [0.15, 0.2) is 29.6 Å². The van der Waals surface area contributed by atoms with E-state index in [0.717, 1.165) is 17.0 Å². The van der Waals surface area contributed by atoms with Gasteiger partial charge in [0.15, 0.2) is 0 Å². The van der Waals surface area contributed by atoms with Crippen LogP contribution in [0.5, 0.6) is 0 Å². The molecule has 2 aromatic heterocycles. The number of amides is 1. The minimum absolute atomic E-state index is 0.252. The molecule has 7 heteroatoms. The van der Waals surface area contributed by atoms with Gasteiger partial charge in [0.2, 0.25) is 0 Å². The molecule has 3 rings (SSSR count). The molecule has 130 valence electrons. The van der Waals surface area contributed by atoms with Gasteiger partial charge in [-0.1, -0.05) is 12.1 Å². The average Bonchev–Trinajstić information content (AvgIpc) is 3.16. The lowest BCUT2D eigenvalue weighted by Crippen LogP contribution is -2.26. The molecule has 1 amide bonds. The monoisotopic (exact) mass is 358 g/mol. The predicted molar refractivity (Wildman–Crippen MR) is 96.2 cm³/mol. The number of nitrogens with zero attached hydrogens (tertiary/aromatic N) is 3. The van der Waals surface area contributed by atoms with Crippen LogP contribution in [0.1, 0.15) is 27.4 Å². The van der Waals surface area contributed by atoms with Crippen molar-refractivity contribution in [2.75, 3.05) is 6.54 Å². The number of nitrogens with one attached hydrogen (secondary N) is 1. The van der Waals surface area contributed by atoms with Gasteiger partial charge in [-0.05, 0) is 38.0 Å². The van der Waals surface area contributed by atoms with Gasteiger partial charge in [-0.25, -0.2) is 9.37 Å². The largest absolute Gasteiger partial charge is 0.350 e. The van der Waals surface area contributed by atoms with Crippen LogP contribution in [0, 0.1) is 19.7 Å². The summed E-state index contributed by atoms with van der Waals surface area (Å²) >= 11 is 1.26. The normalized spacial score (nSPS) is 10.9. The molecule has 0 fully saturated rings. The van der Waals surface area contributed by atoms with Gasteiger partial charge in [0.1, 0.15) is 16.5 Å². The number of aromatic nitrogens is 3. The topological polar surface area (TPSA) is 59.8 Å². The van der Waals surface area contributed by atoms with E-state index in [0.29, 0.717) is 29.2 Å². The third-order valence-corrected chi connectivity index (χ3v) is 5.04. The molecule has 0 spiro atoms. The lowest BCUT2D eigenvalue weighted by atomic mass is 10.1. The summed E-state index contributed by atoms with van der Waals surface area (Å²) < 4.78 is 15.7. The highest BCUT2D eigenvalue weighted by Gasteiger charge is 2.14. The smallest absolute Gasteiger partial charge is 0.270 e. The van der Waals surface area contributed by atoms with Crippen molar-refractivity contribution in [3.05, 3.63) is 58.1 Å². The molecule has 0 aliphatic rings. The fourth-order valence-corrected chi connectivity index (χ4v) is 3.53. The number of rotatable bonds is 5. The Labute approximate surface area is 149 Å². The molecule has 0 radical (unpaired) electrons. The first kappa shape index (κ1) is 17.3. The number of benzene rings is 1. The number of aryl methyl sites for hydroxylation is 2. The van der Waals surface area contributed by atoms with E-state index in [1.165, 1.54) is 17.4 Å². The molecule has 5 nitrogen and oxygen atoms in total. The highest BCUT2D eigenvalue weighted by molar-refractivity contribution is 7.13. The van der Waals surface area contributed by atoms with Crippen molar-refractivity contribution >= 4 is 17.2 Å². The molecule has 0 saturated carbocycles. The van der Waals surface area contributed by atoms with Crippen molar-refractivity contribution in [1.82, 2.24) is 20.1 Å². The summed E-state index contributed by atoms with van der Waals surface area (Å²) in [6.07, 6.45) is 0.710. The van der Waals surface area contributed by atoms with Gasteiger partial charge in [0.25, 0.3) is 5.91 Å². The van der Waals surface area contributed by atoms with Gasteiger partial charge in [0.05, 0.1) is 5.69 Å². The van der Waals surface area contributed by atoms with E-state index >= 15 is 0 Å². The highest BCUT2D eigenvalue weighted by Crippen LogP contribution is 2.26. The van der Waals surface area contributed by atoms with Crippen molar-refractivity contribution in [2.24, 2.45) is 7.05 Å². The molecule has 0 unspecified atom stereocenters. The second-order valence-electron chi connectivity index (χ2n) is 5.80. The zero-order chi connectivity index (χ0) is 18.0. The first-order chi connectivity index (χ1) is 12.0. The predicted octanol–water partition coefficient (Wildman–Crippen LogP) is 3.27. The molecule has 25 heavy (non-hydrogen) atoms. The Morgan fingerprint density at radius 3 is 2.76 bits per heavy atom. The fourth-order valence-electron chi connectivity index (χ4n) is 2.71. The van der Waals surface area contributed by atoms with Crippen LogP contribution in [0.25, 0.3) is 10.6 Å². The maximum absolute atomic E-state index is 13.8. The number of halogens is 1. The van der Waals surface area contributed by atoms with Gasteiger partial charge < -0.3 is 5.32 Å². The molecule has 3 aromatic rings. The zero-order valence-corrected chi connectivity index (χ0v) is 15.2. The quantitative estimate of drug-likeness (QED) is 0.761. The van der Waals surface area contributed by atoms with Crippen molar-refractivity contribution in [1.29, 1.82) is 0 Å².